The summed E-state index contributed by atoms with van der Waals surface area (Å²) in [5.41, 5.74) is 0. The molecule has 0 spiro atoms. The highest BCUT2D eigenvalue weighted by molar-refractivity contribution is 5.70. The Hall–Kier alpha value is -2.70. The number of carbonyl (C=O) groups excluding carboxylic acids is 2. The molecule has 0 heterocycles. The van der Waals surface area contributed by atoms with Gasteiger partial charge in [0.2, 0.25) is 0 Å². The van der Waals surface area contributed by atoms with Crippen LogP contribution in [-0.4, -0.2) is 47.6 Å². The van der Waals surface area contributed by atoms with Crippen molar-refractivity contribution in [3.63, 3.8) is 0 Å². The first-order chi connectivity index (χ1) is 21.8. The van der Waals surface area contributed by atoms with Crippen LogP contribution in [0.25, 0.3) is 0 Å². The monoisotopic (exact) mass is 628 g/mol. The number of aliphatic hydroxyl groups excluding tert-OH is 2. The lowest BCUT2D eigenvalue weighted by Crippen LogP contribution is -2.25. The van der Waals surface area contributed by atoms with Crippen molar-refractivity contribution < 1.29 is 29.3 Å². The first kappa shape index (κ1) is 42.3. The average Bonchev–Trinajstić information content (AvgIpc) is 3.01. The SMILES string of the molecule is CC/C=C\C/C=C\C/C=C\C/C=C\C=C/C(O)C/C=C\CCC(=O)OC[C@H](O)COC(=O)CCCCCCCCCCC(C)C. The van der Waals surface area contributed by atoms with Crippen molar-refractivity contribution in [1.82, 2.24) is 0 Å². The van der Waals surface area contributed by atoms with E-state index in [4.69, 9.17) is 9.47 Å². The number of carbonyl (C=O) groups is 2. The molecule has 256 valence electrons. The molecule has 2 N–H and O–H groups in total. The molecule has 0 bridgehead atoms. The smallest absolute Gasteiger partial charge is 0.306 e. The Morgan fingerprint density at radius 3 is 1.76 bits per heavy atom. The van der Waals surface area contributed by atoms with Crippen LogP contribution in [-0.2, 0) is 19.1 Å². The summed E-state index contributed by atoms with van der Waals surface area (Å²) in [6.45, 7) is 6.30. The van der Waals surface area contributed by atoms with Crippen molar-refractivity contribution in [3.05, 3.63) is 72.9 Å². The zero-order valence-corrected chi connectivity index (χ0v) is 28.6. The number of hydrogen-bond donors (Lipinski definition) is 2. The van der Waals surface area contributed by atoms with E-state index in [2.05, 4.69) is 57.2 Å². The highest BCUT2D eigenvalue weighted by atomic mass is 16.6. The number of hydrogen-bond acceptors (Lipinski definition) is 6. The summed E-state index contributed by atoms with van der Waals surface area (Å²) in [5, 5.41) is 20.0. The molecular weight excluding hydrogens is 564 g/mol. The van der Waals surface area contributed by atoms with Crippen molar-refractivity contribution in [1.29, 1.82) is 0 Å². The molecule has 0 amide bonds. The Morgan fingerprint density at radius 1 is 0.622 bits per heavy atom. The molecule has 0 fully saturated rings. The van der Waals surface area contributed by atoms with Gasteiger partial charge in [-0.25, -0.2) is 0 Å². The van der Waals surface area contributed by atoms with Crippen molar-refractivity contribution in [2.45, 2.75) is 142 Å². The van der Waals surface area contributed by atoms with Gasteiger partial charge in [-0.15, -0.1) is 0 Å². The van der Waals surface area contributed by atoms with Gasteiger partial charge in [-0.05, 0) is 50.9 Å². The fourth-order valence-corrected chi connectivity index (χ4v) is 4.32. The first-order valence-electron chi connectivity index (χ1n) is 17.5. The van der Waals surface area contributed by atoms with Crippen LogP contribution in [0.1, 0.15) is 130 Å². The Labute approximate surface area is 275 Å². The molecule has 0 aliphatic heterocycles. The Balaban J connectivity index is 3.74. The summed E-state index contributed by atoms with van der Waals surface area (Å²) in [6.07, 6.45) is 38.5. The summed E-state index contributed by atoms with van der Waals surface area (Å²) < 4.78 is 10.2. The maximum absolute atomic E-state index is 11.9. The van der Waals surface area contributed by atoms with Crippen molar-refractivity contribution in [3.8, 4) is 0 Å². The van der Waals surface area contributed by atoms with Crippen LogP contribution in [0.5, 0.6) is 0 Å². The number of esters is 2. The lowest BCUT2D eigenvalue weighted by atomic mass is 10.0. The average molecular weight is 629 g/mol. The van der Waals surface area contributed by atoms with Crippen LogP contribution in [0, 0.1) is 5.92 Å². The van der Waals surface area contributed by atoms with Gasteiger partial charge in [0.15, 0.2) is 0 Å². The zero-order chi connectivity index (χ0) is 33.2. The lowest BCUT2D eigenvalue weighted by molar-refractivity contribution is -0.152. The molecule has 0 aliphatic rings. The fourth-order valence-electron chi connectivity index (χ4n) is 4.32. The zero-order valence-electron chi connectivity index (χ0n) is 28.6. The molecule has 6 heteroatoms. The van der Waals surface area contributed by atoms with E-state index in [0.29, 0.717) is 19.3 Å². The first-order valence-corrected chi connectivity index (χ1v) is 17.5. The van der Waals surface area contributed by atoms with Crippen LogP contribution in [0.3, 0.4) is 0 Å². The minimum atomic E-state index is -1.03. The standard InChI is InChI=1S/C39H64O6/c1-4-5-6-7-8-9-10-11-12-13-17-20-24-29-36(40)30-25-22-27-32-39(43)45-34-37(41)33-44-38(42)31-26-21-18-15-14-16-19-23-28-35(2)3/h5-6,8-9,11-12,17,20,22,24-25,29,35-37,40-41H,4,7,10,13-16,18-19,21,23,26-28,30-34H2,1-3H3/b6-5-,9-8-,12-11-,20-17-,25-22-,29-24-/t36?,37-/m1/s1. The van der Waals surface area contributed by atoms with Gasteiger partial charge in [-0.1, -0.05) is 145 Å². The molecular formula is C39H64O6. The predicted molar refractivity (Wildman–Crippen MR) is 188 cm³/mol. The molecule has 0 rings (SSSR count). The summed E-state index contributed by atoms with van der Waals surface area (Å²) in [5.74, 6) is 0.0438. The second kappa shape index (κ2) is 32.7. The van der Waals surface area contributed by atoms with Gasteiger partial charge in [0.05, 0.1) is 6.10 Å². The van der Waals surface area contributed by atoms with Crippen LogP contribution >= 0.6 is 0 Å². The van der Waals surface area contributed by atoms with Gasteiger partial charge >= 0.3 is 11.9 Å². The third-order valence-electron chi connectivity index (χ3n) is 6.98. The second-order valence-electron chi connectivity index (χ2n) is 11.9. The largest absolute Gasteiger partial charge is 0.463 e. The number of allylic oxidation sites excluding steroid dienone is 10. The fraction of sp³-hybridized carbons (Fsp3) is 0.641. The lowest BCUT2D eigenvalue weighted by Gasteiger charge is -2.12. The van der Waals surface area contributed by atoms with Gasteiger partial charge < -0.3 is 19.7 Å². The molecule has 1 unspecified atom stereocenters. The third kappa shape index (κ3) is 34.0. The highest BCUT2D eigenvalue weighted by Gasteiger charge is 2.11. The van der Waals surface area contributed by atoms with Gasteiger partial charge in [-0.2, -0.15) is 0 Å². The maximum atomic E-state index is 11.9. The van der Waals surface area contributed by atoms with E-state index < -0.39 is 18.2 Å². The summed E-state index contributed by atoms with van der Waals surface area (Å²) in [6, 6.07) is 0. The molecule has 45 heavy (non-hydrogen) atoms. The van der Waals surface area contributed by atoms with Crippen molar-refractivity contribution in [2.75, 3.05) is 13.2 Å². The molecule has 0 aliphatic carbocycles. The van der Waals surface area contributed by atoms with Crippen LogP contribution in [0.4, 0.5) is 0 Å². The van der Waals surface area contributed by atoms with E-state index in [1.165, 1.54) is 38.5 Å². The van der Waals surface area contributed by atoms with E-state index in [1.807, 2.05) is 30.4 Å². The van der Waals surface area contributed by atoms with Crippen molar-refractivity contribution in [2.24, 2.45) is 5.92 Å². The normalized spacial score (nSPS) is 13.9. The summed E-state index contributed by atoms with van der Waals surface area (Å²) in [7, 11) is 0. The summed E-state index contributed by atoms with van der Waals surface area (Å²) >= 11 is 0. The van der Waals surface area contributed by atoms with Crippen LogP contribution < -0.4 is 0 Å². The van der Waals surface area contributed by atoms with E-state index in [0.717, 1.165) is 50.9 Å². The third-order valence-corrected chi connectivity index (χ3v) is 6.98. The number of rotatable bonds is 29. The van der Waals surface area contributed by atoms with Crippen LogP contribution in [0.15, 0.2) is 72.9 Å². The molecule has 6 nitrogen and oxygen atoms in total. The van der Waals surface area contributed by atoms with E-state index in [-0.39, 0.29) is 25.6 Å². The van der Waals surface area contributed by atoms with Gasteiger partial charge in [0.1, 0.15) is 19.3 Å². The molecule has 0 radical (unpaired) electrons. The van der Waals surface area contributed by atoms with E-state index >= 15 is 0 Å². The molecule has 0 aromatic carbocycles. The number of aliphatic hydroxyl groups is 2. The van der Waals surface area contributed by atoms with Crippen LogP contribution in [0.2, 0.25) is 0 Å². The van der Waals surface area contributed by atoms with E-state index in [1.54, 1.807) is 6.08 Å². The quantitative estimate of drug-likeness (QED) is 0.0371. The second-order valence-corrected chi connectivity index (χ2v) is 11.9. The number of unbranched alkanes of at least 4 members (excludes halogenated alkanes) is 7. The summed E-state index contributed by atoms with van der Waals surface area (Å²) in [4.78, 5) is 23.8. The molecule has 0 aromatic heterocycles. The highest BCUT2D eigenvalue weighted by Crippen LogP contribution is 2.13. The number of ether oxygens (including phenoxy) is 2. The maximum Gasteiger partial charge on any atom is 0.306 e. The molecule has 0 saturated heterocycles. The Morgan fingerprint density at radius 2 is 1.16 bits per heavy atom. The predicted octanol–water partition coefficient (Wildman–Crippen LogP) is 9.44. The Kier molecular flexibility index (Phi) is 30.7. The molecule has 0 aromatic rings. The topological polar surface area (TPSA) is 93.1 Å². The van der Waals surface area contributed by atoms with Crippen molar-refractivity contribution >= 4 is 11.9 Å². The molecule has 0 saturated carbocycles. The molecule has 2 atom stereocenters. The van der Waals surface area contributed by atoms with Gasteiger partial charge in [0.25, 0.3) is 0 Å². The van der Waals surface area contributed by atoms with Gasteiger partial charge in [0, 0.05) is 12.8 Å². The minimum Gasteiger partial charge on any atom is -0.463 e. The van der Waals surface area contributed by atoms with E-state index in [9.17, 15) is 19.8 Å². The van der Waals surface area contributed by atoms with Gasteiger partial charge in [-0.3, -0.25) is 9.59 Å². The minimum absolute atomic E-state index is 0.172. The Bertz CT molecular complexity index is 880.